The van der Waals surface area contributed by atoms with Crippen LogP contribution in [0.5, 0.6) is 0 Å². The number of anilines is 2. The molecule has 0 bridgehead atoms. The molecule has 1 heterocycles. The van der Waals surface area contributed by atoms with E-state index in [1.165, 1.54) is 0 Å². The van der Waals surface area contributed by atoms with Crippen LogP contribution < -0.4 is 10.6 Å². The quantitative estimate of drug-likeness (QED) is 0.635. The fraction of sp³-hybridized carbons (Fsp3) is 0.0588. The van der Waals surface area contributed by atoms with Crippen molar-refractivity contribution in [3.8, 4) is 11.1 Å². The van der Waals surface area contributed by atoms with E-state index in [4.69, 9.17) is 12.2 Å². The van der Waals surface area contributed by atoms with Gasteiger partial charge >= 0.3 is 0 Å². The number of nitrogens with one attached hydrogen (secondary N) is 3. The minimum atomic E-state index is 0.520. The van der Waals surface area contributed by atoms with Gasteiger partial charge in [-0.2, -0.15) is 5.10 Å². The summed E-state index contributed by atoms with van der Waals surface area (Å²) in [7, 11) is 0. The highest BCUT2D eigenvalue weighted by Gasteiger charge is 2.13. The third-order valence-corrected chi connectivity index (χ3v) is 3.48. The van der Waals surface area contributed by atoms with Crippen LogP contribution in [0.4, 0.5) is 11.5 Å². The number of benzene rings is 2. The van der Waals surface area contributed by atoms with Crippen molar-refractivity contribution in [2.75, 3.05) is 10.6 Å². The molecule has 0 aliphatic heterocycles. The molecule has 0 aliphatic carbocycles. The van der Waals surface area contributed by atoms with Crippen LogP contribution >= 0.6 is 12.2 Å². The number of hydrogen-bond donors (Lipinski definition) is 3. The maximum Gasteiger partial charge on any atom is 0.176 e. The molecular formula is C17H16N4S. The molecule has 3 aromatic rings. The molecule has 0 spiro atoms. The Morgan fingerprint density at radius 1 is 0.955 bits per heavy atom. The van der Waals surface area contributed by atoms with Crippen LogP contribution in [0.2, 0.25) is 0 Å². The van der Waals surface area contributed by atoms with Crippen molar-refractivity contribution in [3.63, 3.8) is 0 Å². The molecule has 0 saturated heterocycles. The molecule has 0 amide bonds. The summed E-state index contributed by atoms with van der Waals surface area (Å²) in [6.07, 6.45) is 0. The highest BCUT2D eigenvalue weighted by Crippen LogP contribution is 2.29. The smallest absolute Gasteiger partial charge is 0.176 e. The van der Waals surface area contributed by atoms with Crippen LogP contribution in [-0.2, 0) is 0 Å². The highest BCUT2D eigenvalue weighted by atomic mass is 32.1. The molecule has 0 atom stereocenters. The van der Waals surface area contributed by atoms with Gasteiger partial charge < -0.3 is 10.6 Å². The van der Waals surface area contributed by atoms with E-state index in [1.807, 2.05) is 55.5 Å². The monoisotopic (exact) mass is 308 g/mol. The van der Waals surface area contributed by atoms with Crippen molar-refractivity contribution in [1.29, 1.82) is 0 Å². The molecule has 3 N–H and O–H groups in total. The van der Waals surface area contributed by atoms with E-state index in [0.29, 0.717) is 5.11 Å². The lowest BCUT2D eigenvalue weighted by Gasteiger charge is -2.11. The highest BCUT2D eigenvalue weighted by molar-refractivity contribution is 7.80. The summed E-state index contributed by atoms with van der Waals surface area (Å²) in [6, 6.07) is 19.9. The number of hydrogen-bond acceptors (Lipinski definition) is 2. The van der Waals surface area contributed by atoms with Crippen LogP contribution in [0.1, 0.15) is 5.69 Å². The molecule has 0 radical (unpaired) electrons. The van der Waals surface area contributed by atoms with Crippen molar-refractivity contribution in [3.05, 3.63) is 66.4 Å². The number of H-pyrrole nitrogens is 1. The Morgan fingerprint density at radius 3 is 2.27 bits per heavy atom. The van der Waals surface area contributed by atoms with Crippen molar-refractivity contribution < 1.29 is 0 Å². The van der Waals surface area contributed by atoms with E-state index in [-0.39, 0.29) is 0 Å². The molecule has 4 nitrogen and oxygen atoms in total. The first-order valence-corrected chi connectivity index (χ1v) is 7.38. The molecule has 0 aliphatic rings. The van der Waals surface area contributed by atoms with E-state index in [0.717, 1.165) is 28.3 Å². The zero-order valence-electron chi connectivity index (χ0n) is 12.1. The Bertz CT molecular complexity index is 766. The Labute approximate surface area is 134 Å². The van der Waals surface area contributed by atoms with Gasteiger partial charge in [0.15, 0.2) is 5.11 Å². The van der Waals surface area contributed by atoms with E-state index >= 15 is 0 Å². The molecule has 1 aromatic heterocycles. The summed E-state index contributed by atoms with van der Waals surface area (Å²) in [4.78, 5) is 0. The fourth-order valence-electron chi connectivity index (χ4n) is 2.28. The first kappa shape index (κ1) is 14.3. The molecule has 0 unspecified atom stereocenters. The molecule has 5 heteroatoms. The molecule has 2 aromatic carbocycles. The van der Waals surface area contributed by atoms with E-state index < -0.39 is 0 Å². The summed E-state index contributed by atoms with van der Waals surface area (Å²) in [5.74, 6) is 0.789. The molecule has 22 heavy (non-hydrogen) atoms. The summed E-state index contributed by atoms with van der Waals surface area (Å²) < 4.78 is 0. The zero-order chi connectivity index (χ0) is 15.4. The second-order valence-corrected chi connectivity index (χ2v) is 5.28. The summed E-state index contributed by atoms with van der Waals surface area (Å²) in [6.45, 7) is 1.97. The number of para-hydroxylation sites is 1. The minimum Gasteiger partial charge on any atom is -0.332 e. The Hall–Kier alpha value is -2.66. The lowest BCUT2D eigenvalue weighted by atomic mass is 10.1. The van der Waals surface area contributed by atoms with E-state index in [9.17, 15) is 0 Å². The van der Waals surface area contributed by atoms with Crippen LogP contribution in [0.15, 0.2) is 60.7 Å². The molecule has 0 fully saturated rings. The summed E-state index contributed by atoms with van der Waals surface area (Å²) in [5.41, 5.74) is 3.99. The number of aryl methyl sites for hydroxylation is 1. The Morgan fingerprint density at radius 2 is 1.59 bits per heavy atom. The fourth-order valence-corrected chi connectivity index (χ4v) is 2.50. The van der Waals surface area contributed by atoms with Crippen molar-refractivity contribution in [2.45, 2.75) is 6.92 Å². The normalized spacial score (nSPS) is 10.2. The second-order valence-electron chi connectivity index (χ2n) is 4.87. The third-order valence-electron chi connectivity index (χ3n) is 3.28. The minimum absolute atomic E-state index is 0.520. The predicted molar refractivity (Wildman–Crippen MR) is 95.0 cm³/mol. The average molecular weight is 308 g/mol. The van der Waals surface area contributed by atoms with E-state index in [1.54, 1.807) is 0 Å². The van der Waals surface area contributed by atoms with Gasteiger partial charge in [0.2, 0.25) is 0 Å². The average Bonchev–Trinajstić information content (AvgIpc) is 2.89. The van der Waals surface area contributed by atoms with Gasteiger partial charge in [-0.1, -0.05) is 48.5 Å². The third kappa shape index (κ3) is 3.15. The van der Waals surface area contributed by atoms with Gasteiger partial charge in [0.25, 0.3) is 0 Å². The first-order valence-electron chi connectivity index (χ1n) is 6.97. The maximum atomic E-state index is 5.37. The summed E-state index contributed by atoms with van der Waals surface area (Å²) >= 11 is 5.37. The van der Waals surface area contributed by atoms with Gasteiger partial charge in [-0.25, -0.2) is 0 Å². The Kier molecular flexibility index (Phi) is 4.16. The van der Waals surface area contributed by atoms with Gasteiger partial charge in [-0.3, -0.25) is 5.10 Å². The molecule has 110 valence electrons. The molecule has 0 saturated carbocycles. The number of nitrogens with zero attached hydrogens (tertiary/aromatic N) is 1. The Balaban J connectivity index is 1.80. The number of aromatic nitrogens is 2. The van der Waals surface area contributed by atoms with Crippen LogP contribution in [0.3, 0.4) is 0 Å². The zero-order valence-corrected chi connectivity index (χ0v) is 12.9. The van der Waals surface area contributed by atoms with Crippen molar-refractivity contribution in [2.24, 2.45) is 0 Å². The van der Waals surface area contributed by atoms with E-state index in [2.05, 4.69) is 33.0 Å². The maximum absolute atomic E-state index is 5.37. The lowest BCUT2D eigenvalue weighted by Crippen LogP contribution is -2.19. The van der Waals surface area contributed by atoms with Crippen LogP contribution in [0.25, 0.3) is 11.1 Å². The second kappa shape index (κ2) is 6.41. The van der Waals surface area contributed by atoms with Gasteiger partial charge in [0.1, 0.15) is 5.82 Å². The first-order chi connectivity index (χ1) is 10.7. The predicted octanol–water partition coefficient (Wildman–Crippen LogP) is 4.19. The van der Waals surface area contributed by atoms with Gasteiger partial charge in [0, 0.05) is 11.3 Å². The SMILES string of the molecule is Cc1n[nH]c(NC(=S)Nc2ccccc2)c1-c1ccccc1. The topological polar surface area (TPSA) is 52.7 Å². The number of rotatable bonds is 3. The van der Waals surface area contributed by atoms with Gasteiger partial charge in [-0.05, 0) is 36.8 Å². The summed E-state index contributed by atoms with van der Waals surface area (Å²) in [5, 5.41) is 14.1. The van der Waals surface area contributed by atoms with Crippen molar-refractivity contribution >= 4 is 28.8 Å². The standard InChI is InChI=1S/C17H16N4S/c1-12-15(13-8-4-2-5-9-13)16(21-20-12)19-17(22)18-14-10-6-3-7-11-14/h2-11H,1H3,(H3,18,19,20,21,22). The lowest BCUT2D eigenvalue weighted by molar-refractivity contribution is 1.05. The molecule has 3 rings (SSSR count). The number of thiocarbonyl (C=S) groups is 1. The van der Waals surface area contributed by atoms with Gasteiger partial charge in [-0.15, -0.1) is 0 Å². The van der Waals surface area contributed by atoms with Gasteiger partial charge in [0.05, 0.1) is 5.69 Å². The largest absolute Gasteiger partial charge is 0.332 e. The van der Waals surface area contributed by atoms with Crippen LogP contribution in [-0.4, -0.2) is 15.3 Å². The number of aromatic amines is 1. The van der Waals surface area contributed by atoms with Crippen molar-refractivity contribution in [1.82, 2.24) is 10.2 Å². The molecular weight excluding hydrogens is 292 g/mol. The van der Waals surface area contributed by atoms with Crippen LogP contribution in [0, 0.1) is 6.92 Å².